The molecular formula is C28H31F5O. The summed E-state index contributed by atoms with van der Waals surface area (Å²) in [5.41, 5.74) is 0.884. The molecular weight excluding hydrogens is 447 g/mol. The highest BCUT2D eigenvalue weighted by Gasteiger charge is 2.36. The number of alkyl halides is 2. The van der Waals surface area contributed by atoms with Crippen LogP contribution in [0.5, 0.6) is 5.75 Å². The Balaban J connectivity index is 1.43. The zero-order valence-electron chi connectivity index (χ0n) is 19.4. The average Bonchev–Trinajstić information content (AvgIpc) is 2.81. The Morgan fingerprint density at radius 2 is 1.62 bits per heavy atom. The fourth-order valence-electron chi connectivity index (χ4n) is 5.99. The fourth-order valence-corrected chi connectivity index (χ4v) is 5.99. The van der Waals surface area contributed by atoms with Crippen molar-refractivity contribution in [3.8, 4) is 16.9 Å². The largest absolute Gasteiger partial charge is 0.429 e. The molecule has 2 aliphatic carbocycles. The van der Waals surface area contributed by atoms with E-state index < -0.39 is 29.8 Å². The van der Waals surface area contributed by atoms with E-state index in [9.17, 15) is 22.0 Å². The van der Waals surface area contributed by atoms with Gasteiger partial charge in [-0.1, -0.05) is 30.7 Å². The van der Waals surface area contributed by atoms with Gasteiger partial charge < -0.3 is 4.74 Å². The predicted octanol–water partition coefficient (Wildman–Crippen LogP) is 9.03. The molecule has 0 amide bonds. The van der Waals surface area contributed by atoms with Crippen molar-refractivity contribution in [2.24, 2.45) is 17.8 Å². The Kier molecular flexibility index (Phi) is 7.95. The number of ether oxygens (including phenoxy) is 1. The van der Waals surface area contributed by atoms with Gasteiger partial charge in [-0.2, -0.15) is 8.78 Å². The standard InChI is InChI=1S/C28H31F5O/c1-2-3-4-5-17-6-7-19-13-20(9-8-18(19)12-17)21-10-11-23(24(29)14-21)22-15-25(30)27(26(31)16-22)34-28(32)33/h2-3,10-11,14-20,28H,4-9,12-13H2,1H3/b3-2+. The quantitative estimate of drug-likeness (QED) is 0.285. The van der Waals surface area contributed by atoms with Crippen LogP contribution in [0.3, 0.4) is 0 Å². The lowest BCUT2D eigenvalue weighted by molar-refractivity contribution is -0.0546. The van der Waals surface area contributed by atoms with Gasteiger partial charge in [-0.05, 0) is 105 Å². The van der Waals surface area contributed by atoms with Gasteiger partial charge in [0.1, 0.15) is 5.82 Å². The molecule has 0 N–H and O–H groups in total. The van der Waals surface area contributed by atoms with Crippen molar-refractivity contribution in [1.82, 2.24) is 0 Å². The van der Waals surface area contributed by atoms with Crippen LogP contribution in [0.2, 0.25) is 0 Å². The Labute approximate surface area is 198 Å². The van der Waals surface area contributed by atoms with E-state index in [2.05, 4.69) is 23.8 Å². The summed E-state index contributed by atoms with van der Waals surface area (Å²) in [5.74, 6) is -1.81. The topological polar surface area (TPSA) is 9.23 Å². The number of allylic oxidation sites excluding steroid dienone is 2. The second kappa shape index (κ2) is 10.9. The molecule has 0 spiro atoms. The molecule has 0 saturated heterocycles. The van der Waals surface area contributed by atoms with Gasteiger partial charge in [-0.3, -0.25) is 0 Å². The smallest absolute Gasteiger partial charge is 0.387 e. The van der Waals surface area contributed by atoms with Crippen LogP contribution in [0.15, 0.2) is 42.5 Å². The minimum Gasteiger partial charge on any atom is -0.429 e. The maximum Gasteiger partial charge on any atom is 0.387 e. The zero-order chi connectivity index (χ0) is 24.2. The summed E-state index contributed by atoms with van der Waals surface area (Å²) < 4.78 is 71.8. The van der Waals surface area contributed by atoms with Crippen LogP contribution < -0.4 is 4.74 Å². The molecule has 0 radical (unpaired) electrons. The summed E-state index contributed by atoms with van der Waals surface area (Å²) >= 11 is 0. The van der Waals surface area contributed by atoms with Gasteiger partial charge in [0.25, 0.3) is 0 Å². The van der Waals surface area contributed by atoms with Crippen molar-refractivity contribution in [2.75, 3.05) is 0 Å². The van der Waals surface area contributed by atoms with Gasteiger partial charge in [-0.25, -0.2) is 13.2 Å². The van der Waals surface area contributed by atoms with E-state index in [4.69, 9.17) is 0 Å². The first-order valence-corrected chi connectivity index (χ1v) is 12.2. The third-order valence-corrected chi connectivity index (χ3v) is 7.68. The summed E-state index contributed by atoms with van der Waals surface area (Å²) in [6.07, 6.45) is 13.8. The first-order chi connectivity index (χ1) is 16.4. The normalized spacial score (nSPS) is 25.0. The number of halogens is 5. The lowest BCUT2D eigenvalue weighted by Gasteiger charge is -2.42. The molecule has 2 aliphatic rings. The van der Waals surface area contributed by atoms with Gasteiger partial charge in [0.2, 0.25) is 0 Å². The monoisotopic (exact) mass is 478 g/mol. The molecule has 184 valence electrons. The number of fused-ring (bicyclic) bond motifs is 1. The zero-order valence-corrected chi connectivity index (χ0v) is 19.4. The lowest BCUT2D eigenvalue weighted by Crippen LogP contribution is -2.30. The summed E-state index contributed by atoms with van der Waals surface area (Å²) in [4.78, 5) is 0. The summed E-state index contributed by atoms with van der Waals surface area (Å²) in [7, 11) is 0. The average molecular weight is 479 g/mol. The minimum absolute atomic E-state index is 0.0282. The lowest BCUT2D eigenvalue weighted by atomic mass is 9.63. The van der Waals surface area contributed by atoms with E-state index in [1.165, 1.54) is 37.8 Å². The SMILES string of the molecule is C/C=C/CCC1CCC2CC(c3ccc(-c4cc(F)c(OC(F)F)c(F)c4)c(F)c3)CCC2C1. The van der Waals surface area contributed by atoms with Crippen molar-refractivity contribution >= 4 is 0 Å². The predicted molar refractivity (Wildman–Crippen MR) is 123 cm³/mol. The molecule has 1 nitrogen and oxygen atoms in total. The van der Waals surface area contributed by atoms with Crippen LogP contribution in [-0.4, -0.2) is 6.61 Å². The van der Waals surface area contributed by atoms with E-state index in [1.807, 2.05) is 6.07 Å². The summed E-state index contributed by atoms with van der Waals surface area (Å²) in [6, 6.07) is 6.45. The van der Waals surface area contributed by atoms with E-state index in [0.29, 0.717) is 5.92 Å². The molecule has 0 aliphatic heterocycles. The number of benzene rings is 2. The number of hydrogen-bond acceptors (Lipinski definition) is 1. The van der Waals surface area contributed by atoms with E-state index >= 15 is 0 Å². The second-order valence-electron chi connectivity index (χ2n) is 9.74. The van der Waals surface area contributed by atoms with Gasteiger partial charge in [0, 0.05) is 5.56 Å². The Morgan fingerprint density at radius 3 is 2.29 bits per heavy atom. The Hall–Kier alpha value is -2.37. The third kappa shape index (κ3) is 5.64. The minimum atomic E-state index is -3.35. The summed E-state index contributed by atoms with van der Waals surface area (Å²) in [5, 5.41) is 0. The van der Waals surface area contributed by atoms with Crippen molar-refractivity contribution < 1.29 is 26.7 Å². The summed E-state index contributed by atoms with van der Waals surface area (Å²) in [6.45, 7) is -1.29. The van der Waals surface area contributed by atoms with Crippen molar-refractivity contribution in [3.05, 3.63) is 65.5 Å². The molecule has 2 fully saturated rings. The molecule has 4 atom stereocenters. The van der Waals surface area contributed by atoms with Crippen LogP contribution in [0.1, 0.15) is 69.8 Å². The second-order valence-corrected chi connectivity index (χ2v) is 9.74. The van der Waals surface area contributed by atoms with Crippen LogP contribution in [0.4, 0.5) is 22.0 Å². The van der Waals surface area contributed by atoms with Crippen LogP contribution in [0.25, 0.3) is 11.1 Å². The van der Waals surface area contributed by atoms with Crippen molar-refractivity contribution in [1.29, 1.82) is 0 Å². The maximum atomic E-state index is 15.0. The molecule has 0 aromatic heterocycles. The first-order valence-electron chi connectivity index (χ1n) is 12.2. The van der Waals surface area contributed by atoms with Crippen molar-refractivity contribution in [3.63, 3.8) is 0 Å². The molecule has 2 saturated carbocycles. The third-order valence-electron chi connectivity index (χ3n) is 7.68. The van der Waals surface area contributed by atoms with E-state index in [-0.39, 0.29) is 17.0 Å². The van der Waals surface area contributed by atoms with E-state index in [0.717, 1.165) is 55.2 Å². The van der Waals surface area contributed by atoms with Gasteiger partial charge in [0.05, 0.1) is 0 Å². The Bertz CT molecular complexity index is 995. The molecule has 6 heteroatoms. The van der Waals surface area contributed by atoms with Crippen molar-refractivity contribution in [2.45, 2.75) is 70.8 Å². The highest BCUT2D eigenvalue weighted by atomic mass is 19.3. The highest BCUT2D eigenvalue weighted by Crippen LogP contribution is 2.48. The highest BCUT2D eigenvalue weighted by molar-refractivity contribution is 5.66. The van der Waals surface area contributed by atoms with Crippen LogP contribution in [0, 0.1) is 35.2 Å². The first kappa shape index (κ1) is 24.7. The van der Waals surface area contributed by atoms with E-state index in [1.54, 1.807) is 0 Å². The molecule has 2 aromatic rings. The maximum absolute atomic E-state index is 15.0. The molecule has 34 heavy (non-hydrogen) atoms. The van der Waals surface area contributed by atoms with Gasteiger partial charge >= 0.3 is 6.61 Å². The van der Waals surface area contributed by atoms with Crippen LogP contribution >= 0.6 is 0 Å². The van der Waals surface area contributed by atoms with Gasteiger partial charge in [0.15, 0.2) is 17.4 Å². The molecule has 2 aromatic carbocycles. The van der Waals surface area contributed by atoms with Crippen LogP contribution in [-0.2, 0) is 0 Å². The Morgan fingerprint density at radius 1 is 0.912 bits per heavy atom. The number of hydrogen-bond donors (Lipinski definition) is 0. The molecule has 0 heterocycles. The molecule has 4 unspecified atom stereocenters. The fraction of sp³-hybridized carbons (Fsp3) is 0.500. The molecule has 0 bridgehead atoms. The number of rotatable bonds is 7. The molecule has 4 rings (SSSR count). The van der Waals surface area contributed by atoms with Gasteiger partial charge in [-0.15, -0.1) is 0 Å².